The third-order valence-electron chi connectivity index (χ3n) is 6.29. The molecule has 10 nitrogen and oxygen atoms in total. The maximum atomic E-state index is 12.4. The lowest BCUT2D eigenvalue weighted by molar-refractivity contribution is -0.149. The molecule has 2 amide bonds. The second-order valence-electron chi connectivity index (χ2n) is 8.42. The molecule has 0 unspecified atom stereocenters. The molecule has 5 rings (SSSR count). The standard InChI is InChI=1S/C25H23N3O7/c29-23(26-12-14-9-10-33-22(14)24(30)31)20-11-21(35-28-20)27-25(32)34-13-19-17-7-3-1-5-15(17)16-6-2-4-8-18(16)19/h1-8,11,14,19,22H,9-10,12-13H2,(H,26,29)(H,27,32)(H,30,31)/t14-,22-/m1/s1. The first-order valence-corrected chi connectivity index (χ1v) is 11.2. The maximum Gasteiger partial charge on any atom is 0.414 e. The zero-order valence-electron chi connectivity index (χ0n) is 18.6. The van der Waals surface area contributed by atoms with E-state index in [-0.39, 0.29) is 36.6 Å². The van der Waals surface area contributed by atoms with Crippen LogP contribution < -0.4 is 10.6 Å². The second kappa shape index (κ2) is 9.59. The van der Waals surface area contributed by atoms with Crippen LogP contribution in [-0.4, -0.2) is 54.1 Å². The normalized spacial score (nSPS) is 18.5. The Hall–Kier alpha value is -4.18. The van der Waals surface area contributed by atoms with Crippen molar-refractivity contribution in [1.82, 2.24) is 10.5 Å². The van der Waals surface area contributed by atoms with E-state index in [0.29, 0.717) is 13.0 Å². The van der Waals surface area contributed by atoms with Crippen LogP contribution in [0.3, 0.4) is 0 Å². The fourth-order valence-corrected chi connectivity index (χ4v) is 4.61. The average Bonchev–Trinajstić information content (AvgIpc) is 3.59. The molecule has 3 N–H and O–H groups in total. The van der Waals surface area contributed by atoms with Crippen molar-refractivity contribution in [2.45, 2.75) is 18.4 Å². The van der Waals surface area contributed by atoms with Crippen LogP contribution in [0.1, 0.15) is 34.0 Å². The van der Waals surface area contributed by atoms with Gasteiger partial charge in [0.15, 0.2) is 11.8 Å². The first-order valence-electron chi connectivity index (χ1n) is 11.2. The number of carbonyl (C=O) groups excluding carboxylic acids is 2. The molecular weight excluding hydrogens is 454 g/mol. The number of aliphatic carboxylic acids is 1. The molecule has 1 aliphatic heterocycles. The number of aromatic nitrogens is 1. The number of carbonyl (C=O) groups is 3. The summed E-state index contributed by atoms with van der Waals surface area (Å²) in [5.41, 5.74) is 4.39. The first kappa shape index (κ1) is 22.6. The number of fused-ring (bicyclic) bond motifs is 3. The Kier molecular flexibility index (Phi) is 6.19. The molecule has 2 heterocycles. The van der Waals surface area contributed by atoms with Gasteiger partial charge in [0.25, 0.3) is 5.91 Å². The number of rotatable bonds is 7. The smallest absolute Gasteiger partial charge is 0.414 e. The van der Waals surface area contributed by atoms with Gasteiger partial charge in [-0.05, 0) is 28.7 Å². The average molecular weight is 477 g/mol. The van der Waals surface area contributed by atoms with E-state index in [1.165, 1.54) is 6.07 Å². The number of nitrogens with one attached hydrogen (secondary N) is 2. The van der Waals surface area contributed by atoms with Crippen LogP contribution in [0.25, 0.3) is 11.1 Å². The summed E-state index contributed by atoms with van der Waals surface area (Å²) >= 11 is 0. The molecule has 1 saturated heterocycles. The van der Waals surface area contributed by atoms with Crippen molar-refractivity contribution in [3.05, 3.63) is 71.4 Å². The van der Waals surface area contributed by atoms with Gasteiger partial charge in [-0.15, -0.1) is 0 Å². The van der Waals surface area contributed by atoms with Crippen molar-refractivity contribution >= 4 is 23.9 Å². The fourth-order valence-electron chi connectivity index (χ4n) is 4.61. The van der Waals surface area contributed by atoms with Crippen LogP contribution in [0, 0.1) is 5.92 Å². The van der Waals surface area contributed by atoms with Crippen molar-refractivity contribution < 1.29 is 33.5 Å². The van der Waals surface area contributed by atoms with Crippen LogP contribution in [-0.2, 0) is 14.3 Å². The van der Waals surface area contributed by atoms with Crippen LogP contribution in [0.5, 0.6) is 0 Å². The molecule has 1 aromatic heterocycles. The highest BCUT2D eigenvalue weighted by Gasteiger charge is 2.34. The largest absolute Gasteiger partial charge is 0.479 e. The van der Waals surface area contributed by atoms with Gasteiger partial charge in [-0.1, -0.05) is 53.7 Å². The number of ether oxygens (including phenoxy) is 2. The van der Waals surface area contributed by atoms with Gasteiger partial charge < -0.3 is 24.4 Å². The molecule has 0 bridgehead atoms. The van der Waals surface area contributed by atoms with Gasteiger partial charge in [0.05, 0.1) is 0 Å². The summed E-state index contributed by atoms with van der Waals surface area (Å²) in [7, 11) is 0. The van der Waals surface area contributed by atoms with E-state index in [9.17, 15) is 14.4 Å². The molecule has 35 heavy (non-hydrogen) atoms. The molecule has 0 radical (unpaired) electrons. The summed E-state index contributed by atoms with van der Waals surface area (Å²) in [6.07, 6.45) is -1.15. The summed E-state index contributed by atoms with van der Waals surface area (Å²) in [5.74, 6) is -2.07. The molecule has 10 heteroatoms. The first-order chi connectivity index (χ1) is 17.0. The van der Waals surface area contributed by atoms with Gasteiger partial charge in [0.1, 0.15) is 6.61 Å². The van der Waals surface area contributed by atoms with Crippen LogP contribution in [0.4, 0.5) is 10.7 Å². The molecule has 2 aromatic carbocycles. The number of nitrogens with zero attached hydrogens (tertiary/aromatic N) is 1. The van der Waals surface area contributed by atoms with Gasteiger partial charge in [-0.3, -0.25) is 10.1 Å². The molecule has 0 saturated carbocycles. The minimum absolute atomic E-state index is 0.0417. The zero-order valence-corrected chi connectivity index (χ0v) is 18.6. The highest BCUT2D eigenvalue weighted by molar-refractivity contribution is 5.93. The minimum Gasteiger partial charge on any atom is -0.479 e. The van der Waals surface area contributed by atoms with Crippen LogP contribution in [0.15, 0.2) is 59.1 Å². The van der Waals surface area contributed by atoms with Crippen LogP contribution >= 0.6 is 0 Å². The van der Waals surface area contributed by atoms with E-state index in [0.717, 1.165) is 22.3 Å². The molecule has 0 spiro atoms. The third kappa shape index (κ3) is 4.60. The lowest BCUT2D eigenvalue weighted by Gasteiger charge is -2.14. The van der Waals surface area contributed by atoms with Gasteiger partial charge in [0.2, 0.25) is 5.88 Å². The summed E-state index contributed by atoms with van der Waals surface area (Å²) in [5, 5.41) is 17.9. The molecule has 2 aliphatic rings. The Morgan fingerprint density at radius 3 is 2.43 bits per heavy atom. The van der Waals surface area contributed by atoms with Crippen molar-refractivity contribution in [3.63, 3.8) is 0 Å². The highest BCUT2D eigenvalue weighted by atomic mass is 16.6. The highest BCUT2D eigenvalue weighted by Crippen LogP contribution is 2.44. The van der Waals surface area contributed by atoms with E-state index < -0.39 is 24.1 Å². The van der Waals surface area contributed by atoms with E-state index in [4.69, 9.17) is 19.1 Å². The van der Waals surface area contributed by atoms with Crippen molar-refractivity contribution in [2.75, 3.05) is 25.1 Å². The Balaban J connectivity index is 1.15. The number of anilines is 1. The van der Waals surface area contributed by atoms with Crippen LogP contribution in [0.2, 0.25) is 0 Å². The van der Waals surface area contributed by atoms with E-state index in [1.54, 1.807) is 0 Å². The van der Waals surface area contributed by atoms with Gasteiger partial charge in [-0.25, -0.2) is 9.59 Å². The number of hydrogen-bond acceptors (Lipinski definition) is 7. The Labute approximate surface area is 200 Å². The lowest BCUT2D eigenvalue weighted by atomic mass is 9.98. The maximum absolute atomic E-state index is 12.4. The van der Waals surface area contributed by atoms with Gasteiger partial charge in [0, 0.05) is 31.1 Å². The Morgan fingerprint density at radius 1 is 1.06 bits per heavy atom. The summed E-state index contributed by atoms with van der Waals surface area (Å²) < 4.78 is 15.7. The second-order valence-corrected chi connectivity index (χ2v) is 8.42. The SMILES string of the molecule is O=C(Nc1cc(C(=O)NC[C@H]2CCO[C@H]2C(=O)O)no1)OCC1c2ccccc2-c2ccccc21. The molecule has 2 atom stereocenters. The van der Waals surface area contributed by atoms with E-state index in [1.807, 2.05) is 36.4 Å². The molecule has 180 valence electrons. The van der Waals surface area contributed by atoms with Gasteiger partial charge in [-0.2, -0.15) is 0 Å². The number of amides is 2. The monoisotopic (exact) mass is 477 g/mol. The predicted molar refractivity (Wildman–Crippen MR) is 123 cm³/mol. The molecule has 1 fully saturated rings. The topological polar surface area (TPSA) is 140 Å². The number of carboxylic acid groups (broad SMARTS) is 1. The predicted octanol–water partition coefficient (Wildman–Crippen LogP) is 3.26. The Morgan fingerprint density at radius 2 is 1.74 bits per heavy atom. The number of benzene rings is 2. The number of carboxylic acids is 1. The van der Waals surface area contributed by atoms with Crippen molar-refractivity contribution in [3.8, 4) is 11.1 Å². The van der Waals surface area contributed by atoms with Crippen molar-refractivity contribution in [2.24, 2.45) is 5.92 Å². The fraction of sp³-hybridized carbons (Fsp3) is 0.280. The zero-order chi connectivity index (χ0) is 24.4. The van der Waals surface area contributed by atoms with Gasteiger partial charge >= 0.3 is 12.1 Å². The third-order valence-corrected chi connectivity index (χ3v) is 6.29. The summed E-state index contributed by atoms with van der Waals surface area (Å²) in [4.78, 5) is 35.9. The minimum atomic E-state index is -1.06. The quantitative estimate of drug-likeness (QED) is 0.471. The lowest BCUT2D eigenvalue weighted by Crippen LogP contribution is -2.36. The van der Waals surface area contributed by atoms with E-state index >= 15 is 0 Å². The van der Waals surface area contributed by atoms with E-state index in [2.05, 4.69) is 27.9 Å². The summed E-state index contributed by atoms with van der Waals surface area (Å²) in [6, 6.07) is 17.3. The summed E-state index contributed by atoms with van der Waals surface area (Å²) in [6.45, 7) is 0.586. The number of hydrogen-bond donors (Lipinski definition) is 3. The molecule has 1 aliphatic carbocycles. The molecular formula is C25H23N3O7. The molecule has 3 aromatic rings. The Bertz CT molecular complexity index is 1230. The van der Waals surface area contributed by atoms with Crippen molar-refractivity contribution in [1.29, 1.82) is 0 Å².